The zero-order chi connectivity index (χ0) is 25.2. The molecule has 0 amide bonds. The minimum atomic E-state index is -1.39. The molecule has 1 aliphatic rings. The number of hydrogen-bond donors (Lipinski definition) is 0. The van der Waals surface area contributed by atoms with Crippen molar-refractivity contribution in [2.75, 3.05) is 13.1 Å². The topological polar surface area (TPSA) is 47.4 Å². The third-order valence-corrected chi connectivity index (χ3v) is 7.62. The molecule has 1 fully saturated rings. The lowest BCUT2D eigenvalue weighted by Gasteiger charge is -2.35. The molecule has 1 saturated heterocycles. The summed E-state index contributed by atoms with van der Waals surface area (Å²) in [5, 5.41) is 4.76. The lowest BCUT2D eigenvalue weighted by Crippen LogP contribution is -2.42. The number of aromatic nitrogens is 2. The predicted molar refractivity (Wildman–Crippen MR) is 145 cm³/mol. The Labute approximate surface area is 215 Å². The summed E-state index contributed by atoms with van der Waals surface area (Å²) < 4.78 is 20.3. The molecular formula is C29H32FN3O2S. The Morgan fingerprint density at radius 2 is 1.86 bits per heavy atom. The summed E-state index contributed by atoms with van der Waals surface area (Å²) in [4.78, 5) is 21.5. The van der Waals surface area contributed by atoms with Gasteiger partial charge in [0.1, 0.15) is 11.6 Å². The first kappa shape index (κ1) is 24.7. The molecule has 0 radical (unpaired) electrons. The smallest absolute Gasteiger partial charge is 0.261 e. The van der Waals surface area contributed by atoms with Gasteiger partial charge in [0.15, 0.2) is 0 Å². The van der Waals surface area contributed by atoms with E-state index in [0.29, 0.717) is 41.0 Å². The minimum Gasteiger partial charge on any atom is -0.461 e. The molecule has 36 heavy (non-hydrogen) atoms. The van der Waals surface area contributed by atoms with Gasteiger partial charge in [-0.3, -0.25) is 9.36 Å². The van der Waals surface area contributed by atoms with Crippen LogP contribution in [0.4, 0.5) is 4.39 Å². The third-order valence-electron chi connectivity index (χ3n) is 6.94. The normalized spacial score (nSPS) is 17.5. The number of rotatable bonds is 7. The maximum absolute atomic E-state index is 14.0. The van der Waals surface area contributed by atoms with Gasteiger partial charge < -0.3 is 9.64 Å². The number of hydrogen-bond acceptors (Lipinski definition) is 5. The van der Waals surface area contributed by atoms with Gasteiger partial charge in [-0.2, -0.15) is 11.3 Å². The molecule has 7 heteroatoms. The lowest BCUT2D eigenvalue weighted by atomic mass is 9.96. The zero-order valence-corrected chi connectivity index (χ0v) is 21.8. The predicted octanol–water partition coefficient (Wildman–Crippen LogP) is 6.61. The van der Waals surface area contributed by atoms with Crippen LogP contribution in [0.5, 0.6) is 5.75 Å². The van der Waals surface area contributed by atoms with E-state index in [2.05, 4.69) is 30.2 Å². The van der Waals surface area contributed by atoms with Crippen LogP contribution >= 0.6 is 11.3 Å². The molecule has 5 rings (SSSR count). The molecule has 0 aliphatic carbocycles. The minimum absolute atomic E-state index is 0.0218. The highest BCUT2D eigenvalue weighted by atomic mass is 32.1. The number of likely N-dealkylation sites (tertiary alicyclic amines) is 1. The van der Waals surface area contributed by atoms with Crippen LogP contribution < -0.4 is 10.3 Å². The summed E-state index contributed by atoms with van der Waals surface area (Å²) in [7, 11) is 0. The summed E-state index contributed by atoms with van der Waals surface area (Å²) in [6, 6.07) is 15.6. The van der Waals surface area contributed by atoms with Crippen molar-refractivity contribution in [3.8, 4) is 28.3 Å². The summed E-state index contributed by atoms with van der Waals surface area (Å²) in [6.07, 6.45) is 0.827. The summed E-state index contributed by atoms with van der Waals surface area (Å²) >= 11 is 1.64. The fourth-order valence-electron chi connectivity index (χ4n) is 5.06. The van der Waals surface area contributed by atoms with E-state index >= 15 is 0 Å². The van der Waals surface area contributed by atoms with Gasteiger partial charge in [-0.05, 0) is 104 Å². The van der Waals surface area contributed by atoms with Crippen molar-refractivity contribution >= 4 is 22.2 Å². The Bertz CT molecular complexity index is 1380. The van der Waals surface area contributed by atoms with Crippen molar-refractivity contribution in [3.63, 3.8) is 0 Å². The molecule has 188 valence electrons. The molecule has 2 aromatic carbocycles. The number of benzene rings is 2. The van der Waals surface area contributed by atoms with Gasteiger partial charge in [0.05, 0.1) is 10.9 Å². The molecule has 1 aliphatic heterocycles. The summed E-state index contributed by atoms with van der Waals surface area (Å²) in [5.74, 6) is 1.45. The maximum Gasteiger partial charge on any atom is 0.261 e. The highest BCUT2D eigenvalue weighted by molar-refractivity contribution is 7.08. The Hall–Kier alpha value is -3.03. The van der Waals surface area contributed by atoms with Gasteiger partial charge in [-0.1, -0.05) is 6.07 Å². The number of piperidine rings is 1. The Morgan fingerprint density at radius 1 is 1.08 bits per heavy atom. The standard InChI is InChI=1S/C29H32FN3O2S/c1-19(2)32-13-4-5-21(16-32)17-33-28(22-6-9-25(10-7-22)35-20(3)30)31-27-11-8-23(15-26(27)29(33)34)24-12-14-36-18-24/h6-12,14-15,18-21H,4-5,13,16-17H2,1-3H3. The fraction of sp³-hybridized carbons (Fsp3) is 0.379. The van der Waals surface area contributed by atoms with Gasteiger partial charge >= 0.3 is 0 Å². The molecule has 0 bridgehead atoms. The Balaban J connectivity index is 1.59. The van der Waals surface area contributed by atoms with E-state index in [4.69, 9.17) is 9.72 Å². The van der Waals surface area contributed by atoms with Crippen molar-refractivity contribution < 1.29 is 9.13 Å². The molecule has 3 heterocycles. The first-order valence-electron chi connectivity index (χ1n) is 12.6. The van der Waals surface area contributed by atoms with E-state index in [0.717, 1.165) is 42.6 Å². The highest BCUT2D eigenvalue weighted by Gasteiger charge is 2.24. The Morgan fingerprint density at radius 3 is 2.56 bits per heavy atom. The molecule has 0 spiro atoms. The van der Waals surface area contributed by atoms with E-state index < -0.39 is 6.36 Å². The molecular weight excluding hydrogens is 473 g/mol. The van der Waals surface area contributed by atoms with Crippen molar-refractivity contribution in [1.82, 2.24) is 14.5 Å². The number of fused-ring (bicyclic) bond motifs is 1. The highest BCUT2D eigenvalue weighted by Crippen LogP contribution is 2.28. The Kier molecular flexibility index (Phi) is 7.21. The van der Waals surface area contributed by atoms with Gasteiger partial charge in [-0.15, -0.1) is 0 Å². The van der Waals surface area contributed by atoms with Crippen molar-refractivity contribution in [2.24, 2.45) is 5.92 Å². The van der Waals surface area contributed by atoms with Gasteiger partial charge in [0.25, 0.3) is 5.56 Å². The number of thiophene rings is 1. The monoisotopic (exact) mass is 505 g/mol. The average Bonchev–Trinajstić information content (AvgIpc) is 3.41. The first-order chi connectivity index (χ1) is 17.4. The van der Waals surface area contributed by atoms with Crippen molar-refractivity contribution in [2.45, 2.75) is 52.6 Å². The summed E-state index contributed by atoms with van der Waals surface area (Å²) in [6.45, 7) is 8.49. The largest absolute Gasteiger partial charge is 0.461 e. The van der Waals surface area contributed by atoms with E-state index in [1.165, 1.54) is 6.92 Å². The summed E-state index contributed by atoms with van der Waals surface area (Å²) in [5.41, 5.74) is 3.59. The van der Waals surface area contributed by atoms with Gasteiger partial charge in [-0.25, -0.2) is 9.37 Å². The van der Waals surface area contributed by atoms with Gasteiger partial charge in [0, 0.05) is 31.6 Å². The van der Waals surface area contributed by atoms with E-state index in [1.54, 1.807) is 23.5 Å². The van der Waals surface area contributed by atoms with E-state index in [1.807, 2.05) is 40.3 Å². The van der Waals surface area contributed by atoms with Crippen molar-refractivity contribution in [3.05, 3.63) is 69.6 Å². The molecule has 2 aromatic heterocycles. The van der Waals surface area contributed by atoms with Gasteiger partial charge in [0.2, 0.25) is 6.36 Å². The van der Waals surface area contributed by atoms with Crippen LogP contribution in [-0.2, 0) is 6.54 Å². The van der Waals surface area contributed by atoms with Crippen LogP contribution in [-0.4, -0.2) is 39.9 Å². The molecule has 0 N–H and O–H groups in total. The number of ether oxygens (including phenoxy) is 1. The first-order valence-corrected chi connectivity index (χ1v) is 13.6. The van der Waals surface area contributed by atoms with E-state index in [9.17, 15) is 9.18 Å². The number of nitrogens with zero attached hydrogens (tertiary/aromatic N) is 3. The van der Waals surface area contributed by atoms with Crippen LogP contribution in [0, 0.1) is 5.92 Å². The molecule has 2 atom stereocenters. The van der Waals surface area contributed by atoms with E-state index in [-0.39, 0.29) is 5.56 Å². The fourth-order valence-corrected chi connectivity index (χ4v) is 5.73. The zero-order valence-electron chi connectivity index (χ0n) is 21.0. The second-order valence-corrected chi connectivity index (χ2v) is 10.7. The third kappa shape index (κ3) is 5.22. The molecule has 0 saturated carbocycles. The molecule has 4 aromatic rings. The lowest BCUT2D eigenvalue weighted by molar-refractivity contribution is 0.0861. The molecule has 5 nitrogen and oxygen atoms in total. The second kappa shape index (κ2) is 10.5. The molecule has 2 unspecified atom stereocenters. The van der Waals surface area contributed by atoms with Crippen LogP contribution in [0.1, 0.15) is 33.6 Å². The number of alkyl halides is 1. The average molecular weight is 506 g/mol. The maximum atomic E-state index is 14.0. The SMILES string of the molecule is CC(F)Oc1ccc(-c2nc3ccc(-c4ccsc4)cc3c(=O)n2CC2CCCN(C(C)C)C2)cc1. The van der Waals surface area contributed by atoms with Crippen LogP contribution in [0.3, 0.4) is 0 Å². The number of halogens is 1. The quantitative estimate of drug-likeness (QED) is 0.284. The van der Waals surface area contributed by atoms with Crippen molar-refractivity contribution in [1.29, 1.82) is 0 Å². The van der Waals surface area contributed by atoms with Crippen LogP contribution in [0.15, 0.2) is 64.1 Å². The van der Waals surface area contributed by atoms with Crippen LogP contribution in [0.25, 0.3) is 33.4 Å². The van der Waals surface area contributed by atoms with Crippen LogP contribution in [0.2, 0.25) is 0 Å². The second-order valence-electron chi connectivity index (χ2n) is 9.88.